The molecule has 2 N–H and O–H groups in total. The molecule has 1 amide bonds. The third-order valence-corrected chi connectivity index (χ3v) is 2.73. The fourth-order valence-corrected chi connectivity index (χ4v) is 1.81. The molecule has 1 aromatic heterocycles. The van der Waals surface area contributed by atoms with Crippen LogP contribution in [0.25, 0.3) is 0 Å². The summed E-state index contributed by atoms with van der Waals surface area (Å²) in [7, 11) is 0. The van der Waals surface area contributed by atoms with Crippen LogP contribution in [0.4, 0.5) is 11.6 Å². The Morgan fingerprint density at radius 2 is 2.09 bits per heavy atom. The zero-order chi connectivity index (χ0) is 16.3. The van der Waals surface area contributed by atoms with E-state index in [1.165, 1.54) is 6.07 Å². The average Bonchev–Trinajstić information content (AvgIpc) is 2.88. The van der Waals surface area contributed by atoms with Crippen molar-refractivity contribution in [3.63, 3.8) is 0 Å². The Kier molecular flexibility index (Phi) is 4.02. The van der Waals surface area contributed by atoms with Gasteiger partial charge in [-0.05, 0) is 6.07 Å². The lowest BCUT2D eigenvalue weighted by atomic mass is 10.2. The molecule has 2 aromatic rings. The van der Waals surface area contributed by atoms with E-state index >= 15 is 0 Å². The van der Waals surface area contributed by atoms with Gasteiger partial charge in [0.05, 0.1) is 4.92 Å². The standard InChI is InChI=1S/C12H5ClN6O3/c13-7-1-6(2-8(3-7)19(21)22)11(20)18-12-16-9(4-14)10(5-15)17-12/h1-3H,(H2,16,17,18,20). The van der Waals surface area contributed by atoms with Gasteiger partial charge >= 0.3 is 0 Å². The summed E-state index contributed by atoms with van der Waals surface area (Å²) in [4.78, 5) is 28.2. The Bertz CT molecular complexity index is 829. The van der Waals surface area contributed by atoms with Gasteiger partial charge in [-0.3, -0.25) is 20.2 Å². The van der Waals surface area contributed by atoms with Crippen molar-refractivity contribution in [2.45, 2.75) is 0 Å². The number of anilines is 1. The Balaban J connectivity index is 2.30. The number of nitro groups is 1. The van der Waals surface area contributed by atoms with Crippen LogP contribution in [0.2, 0.25) is 5.02 Å². The summed E-state index contributed by atoms with van der Waals surface area (Å²) in [6.07, 6.45) is 0. The summed E-state index contributed by atoms with van der Waals surface area (Å²) < 4.78 is 0. The summed E-state index contributed by atoms with van der Waals surface area (Å²) in [6, 6.07) is 6.78. The van der Waals surface area contributed by atoms with Gasteiger partial charge in [0.1, 0.15) is 12.1 Å². The van der Waals surface area contributed by atoms with E-state index in [2.05, 4.69) is 15.3 Å². The molecule has 0 fully saturated rings. The smallest absolute Gasteiger partial charge is 0.271 e. The maximum Gasteiger partial charge on any atom is 0.271 e. The Hall–Kier alpha value is -3.43. The number of aromatic nitrogens is 2. The van der Waals surface area contributed by atoms with Crippen molar-refractivity contribution in [3.8, 4) is 12.1 Å². The molecule has 0 saturated heterocycles. The van der Waals surface area contributed by atoms with Gasteiger partial charge in [0.25, 0.3) is 11.6 Å². The van der Waals surface area contributed by atoms with Gasteiger partial charge in [-0.25, -0.2) is 4.98 Å². The molecule has 1 aromatic carbocycles. The van der Waals surface area contributed by atoms with Gasteiger partial charge in [-0.2, -0.15) is 10.5 Å². The van der Waals surface area contributed by atoms with Crippen LogP contribution in [0, 0.1) is 32.8 Å². The van der Waals surface area contributed by atoms with Gasteiger partial charge in [-0.1, -0.05) is 11.6 Å². The number of hydrogen-bond acceptors (Lipinski definition) is 6. The minimum atomic E-state index is -0.728. The Labute approximate surface area is 127 Å². The third kappa shape index (κ3) is 3.00. The summed E-state index contributed by atoms with van der Waals surface area (Å²) in [6.45, 7) is 0. The number of imidazole rings is 1. The Morgan fingerprint density at radius 1 is 1.36 bits per heavy atom. The maximum atomic E-state index is 12.0. The number of hydrogen-bond donors (Lipinski definition) is 2. The van der Waals surface area contributed by atoms with E-state index in [-0.39, 0.29) is 33.6 Å². The number of nitrogens with zero attached hydrogens (tertiary/aromatic N) is 4. The molecule has 0 unspecified atom stereocenters. The highest BCUT2D eigenvalue weighted by Gasteiger charge is 2.16. The number of carbonyl (C=O) groups excluding carboxylic acids is 1. The van der Waals surface area contributed by atoms with E-state index in [4.69, 9.17) is 22.1 Å². The molecule has 0 atom stereocenters. The largest absolute Gasteiger partial charge is 0.314 e. The number of nitrogens with one attached hydrogen (secondary N) is 2. The predicted molar refractivity (Wildman–Crippen MR) is 74.1 cm³/mol. The SMILES string of the molecule is N#Cc1nc(NC(=O)c2cc(Cl)cc([N+](=O)[O-])c2)[nH]c1C#N. The first kappa shape index (κ1) is 15.0. The van der Waals surface area contributed by atoms with E-state index in [0.717, 1.165) is 12.1 Å². The first-order valence-corrected chi connectivity index (χ1v) is 5.99. The number of aromatic amines is 1. The molecule has 1 heterocycles. The highest BCUT2D eigenvalue weighted by molar-refractivity contribution is 6.31. The lowest BCUT2D eigenvalue weighted by Gasteiger charge is -2.02. The van der Waals surface area contributed by atoms with E-state index in [1.807, 2.05) is 0 Å². The van der Waals surface area contributed by atoms with Crippen molar-refractivity contribution < 1.29 is 9.72 Å². The molecule has 10 heteroatoms. The van der Waals surface area contributed by atoms with Crippen LogP contribution in [-0.2, 0) is 0 Å². The lowest BCUT2D eigenvalue weighted by Crippen LogP contribution is -2.13. The quantitative estimate of drug-likeness (QED) is 0.653. The van der Waals surface area contributed by atoms with Gasteiger partial charge in [0, 0.05) is 22.7 Å². The second-order valence-corrected chi connectivity index (χ2v) is 4.38. The highest BCUT2D eigenvalue weighted by atomic mass is 35.5. The molecular weight excluding hydrogens is 312 g/mol. The normalized spacial score (nSPS) is 9.59. The molecule has 0 aliphatic heterocycles. The summed E-state index contributed by atoms with van der Waals surface area (Å²) in [5.41, 5.74) is -0.676. The summed E-state index contributed by atoms with van der Waals surface area (Å²) >= 11 is 5.72. The molecule has 0 spiro atoms. The van der Waals surface area contributed by atoms with Crippen molar-refractivity contribution in [2.75, 3.05) is 5.32 Å². The number of halogens is 1. The zero-order valence-corrected chi connectivity index (χ0v) is 11.4. The van der Waals surface area contributed by atoms with Crippen LogP contribution in [0.5, 0.6) is 0 Å². The topological polar surface area (TPSA) is 148 Å². The molecular formula is C12H5ClN6O3. The average molecular weight is 317 g/mol. The first-order valence-electron chi connectivity index (χ1n) is 5.61. The number of nitro benzene ring substituents is 1. The zero-order valence-electron chi connectivity index (χ0n) is 10.6. The van der Waals surface area contributed by atoms with E-state index in [9.17, 15) is 14.9 Å². The number of rotatable bonds is 3. The maximum absolute atomic E-state index is 12.0. The minimum absolute atomic E-state index is 0.0224. The van der Waals surface area contributed by atoms with Crippen molar-refractivity contribution in [1.29, 1.82) is 10.5 Å². The van der Waals surface area contributed by atoms with E-state index in [1.54, 1.807) is 12.1 Å². The number of nitriles is 2. The summed E-state index contributed by atoms with van der Waals surface area (Å²) in [5.74, 6) is -0.853. The van der Waals surface area contributed by atoms with Gasteiger partial charge in [-0.15, -0.1) is 0 Å². The number of non-ortho nitro benzene ring substituents is 1. The van der Waals surface area contributed by atoms with Crippen LogP contribution < -0.4 is 5.32 Å². The molecule has 2 rings (SSSR count). The minimum Gasteiger partial charge on any atom is -0.314 e. The molecule has 0 saturated carbocycles. The number of carbonyl (C=O) groups is 1. The summed E-state index contributed by atoms with van der Waals surface area (Å²) in [5, 5.41) is 30.6. The molecule has 0 radical (unpaired) electrons. The number of benzene rings is 1. The molecule has 9 nitrogen and oxygen atoms in total. The van der Waals surface area contributed by atoms with Crippen LogP contribution in [-0.4, -0.2) is 20.8 Å². The van der Waals surface area contributed by atoms with Crippen molar-refractivity contribution >= 4 is 29.1 Å². The van der Waals surface area contributed by atoms with Gasteiger partial charge in [0.2, 0.25) is 5.95 Å². The predicted octanol–water partition coefficient (Wildman–Crippen LogP) is 1.97. The van der Waals surface area contributed by atoms with Crippen molar-refractivity contribution in [1.82, 2.24) is 9.97 Å². The van der Waals surface area contributed by atoms with Gasteiger partial charge in [0.15, 0.2) is 11.4 Å². The fraction of sp³-hybridized carbons (Fsp3) is 0. The molecule has 22 heavy (non-hydrogen) atoms. The fourth-order valence-electron chi connectivity index (χ4n) is 1.58. The monoisotopic (exact) mass is 316 g/mol. The molecule has 108 valence electrons. The number of amides is 1. The van der Waals surface area contributed by atoms with Crippen LogP contribution >= 0.6 is 11.6 Å². The molecule has 0 aliphatic carbocycles. The van der Waals surface area contributed by atoms with Crippen molar-refractivity contribution in [2.24, 2.45) is 0 Å². The van der Waals surface area contributed by atoms with E-state index in [0.29, 0.717) is 0 Å². The Morgan fingerprint density at radius 3 is 2.64 bits per heavy atom. The van der Waals surface area contributed by atoms with Crippen LogP contribution in [0.3, 0.4) is 0 Å². The third-order valence-electron chi connectivity index (χ3n) is 2.51. The van der Waals surface area contributed by atoms with Crippen LogP contribution in [0.15, 0.2) is 18.2 Å². The highest BCUT2D eigenvalue weighted by Crippen LogP contribution is 2.21. The number of H-pyrrole nitrogens is 1. The van der Waals surface area contributed by atoms with Gasteiger partial charge < -0.3 is 4.98 Å². The molecule has 0 aliphatic rings. The first-order chi connectivity index (χ1) is 10.4. The van der Waals surface area contributed by atoms with Crippen LogP contribution in [0.1, 0.15) is 21.7 Å². The second kappa shape index (κ2) is 5.91. The van der Waals surface area contributed by atoms with Crippen molar-refractivity contribution in [3.05, 3.63) is 50.3 Å². The second-order valence-electron chi connectivity index (χ2n) is 3.94. The molecule has 0 bridgehead atoms. The lowest BCUT2D eigenvalue weighted by molar-refractivity contribution is -0.384. The van der Waals surface area contributed by atoms with E-state index < -0.39 is 10.8 Å².